The normalized spacial score (nSPS) is 10.9. The molecule has 0 unspecified atom stereocenters. The van der Waals surface area contributed by atoms with Crippen molar-refractivity contribution in [2.24, 2.45) is 0 Å². The van der Waals surface area contributed by atoms with Gasteiger partial charge in [-0.15, -0.1) is 22.7 Å². The Morgan fingerprint density at radius 3 is 1.92 bits per heavy atom. The minimum Gasteiger partial charge on any atom is -0.378 e. The van der Waals surface area contributed by atoms with Gasteiger partial charge in [-0.2, -0.15) is 0 Å². The fourth-order valence-corrected chi connectivity index (χ4v) is 4.46. The van der Waals surface area contributed by atoms with Crippen LogP contribution in [0.4, 0.5) is 5.69 Å². The molecule has 0 spiro atoms. The highest BCUT2D eigenvalue weighted by atomic mass is 35.5. The first kappa shape index (κ1) is 17.3. The summed E-state index contributed by atoms with van der Waals surface area (Å²) < 4.78 is 0. The monoisotopic (exact) mass is 396 g/mol. The van der Waals surface area contributed by atoms with Crippen LogP contribution in [0, 0.1) is 0 Å². The molecule has 4 rings (SSSR count). The minimum absolute atomic E-state index is 0.747. The Balaban J connectivity index is 1.88. The molecule has 3 aromatic heterocycles. The van der Waals surface area contributed by atoms with Gasteiger partial charge in [-0.25, -0.2) is 4.98 Å². The largest absolute Gasteiger partial charge is 0.378 e. The van der Waals surface area contributed by atoms with E-state index in [2.05, 4.69) is 64.2 Å². The highest BCUT2D eigenvalue weighted by Gasteiger charge is 2.12. The summed E-state index contributed by atoms with van der Waals surface area (Å²) in [4.78, 5) is 9.26. The van der Waals surface area contributed by atoms with Crippen molar-refractivity contribution in [1.29, 1.82) is 0 Å². The molecule has 0 bridgehead atoms. The number of halogens is 1. The van der Waals surface area contributed by atoms with Gasteiger partial charge in [0.2, 0.25) is 0 Å². The van der Waals surface area contributed by atoms with Crippen molar-refractivity contribution in [1.82, 2.24) is 4.98 Å². The zero-order chi connectivity index (χ0) is 18.1. The van der Waals surface area contributed by atoms with Crippen molar-refractivity contribution in [3.63, 3.8) is 0 Å². The summed E-state index contributed by atoms with van der Waals surface area (Å²) in [5.41, 5.74) is 5.16. The standard InChI is InChI=1S/C21H17ClN2S2/c1-24(2)15-7-8-16(17(22)13-15)14-11-18(20-5-3-9-25-20)23-19(12-14)21-6-4-10-26-21/h3-13H,1-2H3. The summed E-state index contributed by atoms with van der Waals surface area (Å²) in [6, 6.07) is 18.8. The predicted molar refractivity (Wildman–Crippen MR) is 116 cm³/mol. The molecule has 0 atom stereocenters. The lowest BCUT2D eigenvalue weighted by Crippen LogP contribution is -2.08. The number of thiophene rings is 2. The number of hydrogen-bond donors (Lipinski definition) is 0. The molecule has 0 N–H and O–H groups in total. The molecule has 0 radical (unpaired) electrons. The van der Waals surface area contributed by atoms with Crippen LogP contribution in [0.25, 0.3) is 32.3 Å². The van der Waals surface area contributed by atoms with Crippen molar-refractivity contribution in [3.05, 3.63) is 70.4 Å². The molecule has 26 heavy (non-hydrogen) atoms. The molecular weight excluding hydrogens is 380 g/mol. The molecule has 130 valence electrons. The second-order valence-electron chi connectivity index (χ2n) is 6.14. The molecule has 0 amide bonds. The Morgan fingerprint density at radius 1 is 0.846 bits per heavy atom. The third kappa shape index (κ3) is 3.40. The molecule has 0 aliphatic rings. The molecule has 0 saturated heterocycles. The summed E-state index contributed by atoms with van der Waals surface area (Å²) in [7, 11) is 4.03. The van der Waals surface area contributed by atoms with Gasteiger partial charge in [0.05, 0.1) is 26.2 Å². The van der Waals surface area contributed by atoms with Crippen LogP contribution in [0.15, 0.2) is 65.4 Å². The molecule has 4 aromatic rings. The number of anilines is 1. The van der Waals surface area contributed by atoms with E-state index < -0.39 is 0 Å². The van der Waals surface area contributed by atoms with Gasteiger partial charge in [0, 0.05) is 25.3 Å². The van der Waals surface area contributed by atoms with Crippen LogP contribution in [0.2, 0.25) is 5.02 Å². The van der Waals surface area contributed by atoms with Crippen LogP contribution in [0.5, 0.6) is 0 Å². The van der Waals surface area contributed by atoms with Crippen LogP contribution in [-0.2, 0) is 0 Å². The number of nitrogens with zero attached hydrogens (tertiary/aromatic N) is 2. The lowest BCUT2D eigenvalue weighted by atomic mass is 10.0. The van der Waals surface area contributed by atoms with E-state index in [4.69, 9.17) is 16.6 Å². The highest BCUT2D eigenvalue weighted by molar-refractivity contribution is 7.13. The lowest BCUT2D eigenvalue weighted by Gasteiger charge is -2.15. The third-order valence-electron chi connectivity index (χ3n) is 4.15. The fraction of sp³-hybridized carbons (Fsp3) is 0.0952. The van der Waals surface area contributed by atoms with E-state index in [9.17, 15) is 0 Å². The summed E-state index contributed by atoms with van der Waals surface area (Å²) in [6.07, 6.45) is 0. The van der Waals surface area contributed by atoms with Gasteiger partial charge < -0.3 is 4.90 Å². The third-order valence-corrected chi connectivity index (χ3v) is 6.25. The first-order valence-corrected chi connectivity index (χ1v) is 10.3. The number of rotatable bonds is 4. The van der Waals surface area contributed by atoms with Gasteiger partial charge >= 0.3 is 0 Å². The van der Waals surface area contributed by atoms with Gasteiger partial charge in [0.1, 0.15) is 0 Å². The number of aromatic nitrogens is 1. The Kier molecular flexibility index (Phi) is 4.81. The highest BCUT2D eigenvalue weighted by Crippen LogP contribution is 2.37. The second kappa shape index (κ2) is 7.23. The van der Waals surface area contributed by atoms with Crippen LogP contribution >= 0.6 is 34.3 Å². The van der Waals surface area contributed by atoms with Crippen LogP contribution < -0.4 is 4.90 Å². The molecule has 1 aromatic carbocycles. The van der Waals surface area contributed by atoms with Crippen molar-refractivity contribution in [3.8, 4) is 32.3 Å². The number of benzene rings is 1. The van der Waals surface area contributed by atoms with Crippen molar-refractivity contribution < 1.29 is 0 Å². The predicted octanol–water partition coefficient (Wildman–Crippen LogP) is 6.93. The van der Waals surface area contributed by atoms with E-state index in [0.717, 1.165) is 43.0 Å². The lowest BCUT2D eigenvalue weighted by molar-refractivity contribution is 1.13. The smallest absolute Gasteiger partial charge is 0.0815 e. The first-order chi connectivity index (χ1) is 12.6. The maximum atomic E-state index is 6.62. The fourth-order valence-electron chi connectivity index (χ4n) is 2.80. The van der Waals surface area contributed by atoms with Crippen molar-refractivity contribution in [2.45, 2.75) is 0 Å². The summed E-state index contributed by atoms with van der Waals surface area (Å²) in [6.45, 7) is 0. The van der Waals surface area contributed by atoms with Crippen molar-refractivity contribution >= 4 is 40.0 Å². The Morgan fingerprint density at radius 2 is 1.46 bits per heavy atom. The van der Waals surface area contributed by atoms with Crippen LogP contribution in [0.3, 0.4) is 0 Å². The SMILES string of the molecule is CN(C)c1ccc(-c2cc(-c3cccs3)nc(-c3cccs3)c2)c(Cl)c1. The van der Waals surface area contributed by atoms with Crippen LogP contribution in [0.1, 0.15) is 0 Å². The second-order valence-corrected chi connectivity index (χ2v) is 8.44. The molecule has 0 aliphatic carbocycles. The van der Waals surface area contributed by atoms with E-state index in [-0.39, 0.29) is 0 Å². The molecule has 2 nitrogen and oxygen atoms in total. The zero-order valence-corrected chi connectivity index (χ0v) is 16.8. The Labute approximate surface area is 166 Å². The van der Waals surface area contributed by atoms with E-state index in [1.165, 1.54) is 0 Å². The first-order valence-electron chi connectivity index (χ1n) is 8.19. The van der Waals surface area contributed by atoms with E-state index in [1.54, 1.807) is 22.7 Å². The molecule has 0 saturated carbocycles. The van der Waals surface area contributed by atoms with Gasteiger partial charge in [-0.3, -0.25) is 0 Å². The quantitative estimate of drug-likeness (QED) is 0.372. The maximum absolute atomic E-state index is 6.62. The van der Waals surface area contributed by atoms with Gasteiger partial charge in [0.25, 0.3) is 0 Å². The molecule has 0 aliphatic heterocycles. The summed E-state index contributed by atoms with van der Waals surface area (Å²) in [5.74, 6) is 0. The summed E-state index contributed by atoms with van der Waals surface area (Å²) in [5, 5.41) is 4.90. The molecule has 3 heterocycles. The maximum Gasteiger partial charge on any atom is 0.0815 e. The average Bonchev–Trinajstić information content (AvgIpc) is 3.35. The van der Waals surface area contributed by atoms with Crippen LogP contribution in [-0.4, -0.2) is 19.1 Å². The van der Waals surface area contributed by atoms with E-state index >= 15 is 0 Å². The van der Waals surface area contributed by atoms with E-state index in [1.807, 2.05) is 20.2 Å². The topological polar surface area (TPSA) is 16.1 Å². The molecule has 0 fully saturated rings. The van der Waals surface area contributed by atoms with Gasteiger partial charge in [-0.05, 0) is 52.7 Å². The van der Waals surface area contributed by atoms with Gasteiger partial charge in [0.15, 0.2) is 0 Å². The number of hydrogen-bond acceptors (Lipinski definition) is 4. The van der Waals surface area contributed by atoms with Crippen molar-refractivity contribution in [2.75, 3.05) is 19.0 Å². The minimum atomic E-state index is 0.747. The molecular formula is C21H17ClN2S2. The average molecular weight is 397 g/mol. The van der Waals surface area contributed by atoms with E-state index in [0.29, 0.717) is 0 Å². The zero-order valence-electron chi connectivity index (χ0n) is 14.4. The summed E-state index contributed by atoms with van der Waals surface area (Å²) >= 11 is 10.0. The Hall–Kier alpha value is -2.14. The van der Waals surface area contributed by atoms with Gasteiger partial charge in [-0.1, -0.05) is 29.8 Å². The number of pyridine rings is 1. The Bertz CT molecular complexity index is 970. The molecule has 5 heteroatoms.